The van der Waals surface area contributed by atoms with Gasteiger partial charge in [-0.15, -0.1) is 3.89 Å². The highest BCUT2D eigenvalue weighted by Gasteiger charge is 2.17. The minimum absolute atomic E-state index is 0.0917. The van der Waals surface area contributed by atoms with Crippen LogP contribution in [-0.2, 0) is 15.6 Å². The molecular weight excluding hydrogens is 239 g/mol. The van der Waals surface area contributed by atoms with E-state index in [1.807, 2.05) is 12.1 Å². The summed E-state index contributed by atoms with van der Waals surface area (Å²) in [5.41, 5.74) is 1.94. The van der Waals surface area contributed by atoms with Crippen molar-refractivity contribution in [2.24, 2.45) is 0 Å². The van der Waals surface area contributed by atoms with Gasteiger partial charge in [0.1, 0.15) is 0 Å². The molecule has 1 rings (SSSR count). The van der Waals surface area contributed by atoms with E-state index in [1.54, 1.807) is 12.1 Å². The molecule has 94 valence electrons. The lowest BCUT2D eigenvalue weighted by molar-refractivity contribution is 0.506. The molecule has 4 heteroatoms. The first-order valence-corrected chi connectivity index (χ1v) is 6.92. The summed E-state index contributed by atoms with van der Waals surface area (Å²) in [5.74, 6) is 0. The van der Waals surface area contributed by atoms with E-state index in [9.17, 15) is 12.3 Å². The van der Waals surface area contributed by atoms with E-state index < -0.39 is 10.2 Å². The number of hydrogen-bond donors (Lipinski definition) is 0. The van der Waals surface area contributed by atoms with Crippen LogP contribution in [0, 0.1) is 0 Å². The quantitative estimate of drug-likeness (QED) is 0.771. The Balaban J connectivity index is 2.93. The predicted molar refractivity (Wildman–Crippen MR) is 68.8 cm³/mol. The summed E-state index contributed by atoms with van der Waals surface area (Å²) >= 11 is 0. The maximum atomic E-state index is 12.3. The predicted octanol–water partition coefficient (Wildman–Crippen LogP) is 3.64. The van der Waals surface area contributed by atoms with E-state index in [-0.39, 0.29) is 5.41 Å². The molecule has 0 aliphatic rings. The number of rotatable bonds is 4. The van der Waals surface area contributed by atoms with Crippen LogP contribution in [0.3, 0.4) is 0 Å². The van der Waals surface area contributed by atoms with Crippen molar-refractivity contribution in [1.82, 2.24) is 0 Å². The zero-order chi connectivity index (χ0) is 13.1. The lowest BCUT2D eigenvalue weighted by Gasteiger charge is -2.23. The minimum atomic E-state index is -4.55. The second-order valence-corrected chi connectivity index (χ2v) is 5.86. The molecular formula is C13H17FO2S. The standard InChI is InChI=1S/C13H17FO2S/c1-4-13(2,3)12-7-5-11(6-8-12)9-10-17(14,15)16/h5-10H,4H2,1-3H3. The molecule has 2 nitrogen and oxygen atoms in total. The summed E-state index contributed by atoms with van der Waals surface area (Å²) in [6.07, 6.45) is 2.26. The van der Waals surface area contributed by atoms with Gasteiger partial charge in [0.05, 0.1) is 5.41 Å². The molecule has 0 N–H and O–H groups in total. The summed E-state index contributed by atoms with van der Waals surface area (Å²) in [6.45, 7) is 6.40. The zero-order valence-electron chi connectivity index (χ0n) is 10.3. The van der Waals surface area contributed by atoms with E-state index >= 15 is 0 Å². The van der Waals surface area contributed by atoms with Crippen LogP contribution in [0.1, 0.15) is 38.3 Å². The molecule has 0 amide bonds. The van der Waals surface area contributed by atoms with Gasteiger partial charge in [-0.2, -0.15) is 8.42 Å². The molecule has 0 aromatic heterocycles. The molecule has 0 atom stereocenters. The monoisotopic (exact) mass is 256 g/mol. The Bertz CT molecular complexity index is 499. The van der Waals surface area contributed by atoms with Crippen LogP contribution in [-0.4, -0.2) is 8.42 Å². The molecule has 0 bridgehead atoms. The Kier molecular flexibility index (Phi) is 4.09. The molecule has 0 radical (unpaired) electrons. The van der Waals surface area contributed by atoms with E-state index in [2.05, 4.69) is 20.8 Å². The van der Waals surface area contributed by atoms with E-state index in [4.69, 9.17) is 0 Å². The highest BCUT2D eigenvalue weighted by molar-refractivity contribution is 7.89. The van der Waals surface area contributed by atoms with Crippen LogP contribution in [0.15, 0.2) is 29.7 Å². The molecule has 0 unspecified atom stereocenters. The number of halogens is 1. The highest BCUT2D eigenvalue weighted by atomic mass is 32.3. The second kappa shape index (κ2) is 5.00. The SMILES string of the molecule is CCC(C)(C)c1ccc(C=CS(=O)(=O)F)cc1. The van der Waals surface area contributed by atoms with Crippen LogP contribution < -0.4 is 0 Å². The molecule has 0 fully saturated rings. The molecule has 0 heterocycles. The average Bonchev–Trinajstić information content (AvgIpc) is 2.26. The zero-order valence-corrected chi connectivity index (χ0v) is 11.1. The molecule has 1 aromatic carbocycles. The largest absolute Gasteiger partial charge is 0.325 e. The van der Waals surface area contributed by atoms with Gasteiger partial charge in [-0.05, 0) is 29.0 Å². The Morgan fingerprint density at radius 3 is 2.18 bits per heavy atom. The van der Waals surface area contributed by atoms with Gasteiger partial charge in [0.2, 0.25) is 0 Å². The van der Waals surface area contributed by atoms with Crippen molar-refractivity contribution < 1.29 is 12.3 Å². The summed E-state index contributed by atoms with van der Waals surface area (Å²) < 4.78 is 32.9. The third-order valence-corrected chi connectivity index (χ3v) is 3.46. The van der Waals surface area contributed by atoms with Crippen molar-refractivity contribution in [3.05, 3.63) is 40.8 Å². The summed E-state index contributed by atoms with van der Waals surface area (Å²) in [4.78, 5) is 0. The molecule has 17 heavy (non-hydrogen) atoms. The van der Waals surface area contributed by atoms with Crippen LogP contribution in [0.25, 0.3) is 6.08 Å². The van der Waals surface area contributed by atoms with E-state index in [0.29, 0.717) is 11.0 Å². The average molecular weight is 256 g/mol. The Morgan fingerprint density at radius 1 is 1.24 bits per heavy atom. The smallest absolute Gasteiger partial charge is 0.190 e. The highest BCUT2D eigenvalue weighted by Crippen LogP contribution is 2.26. The first kappa shape index (κ1) is 13.9. The summed E-state index contributed by atoms with van der Waals surface area (Å²) in [6, 6.07) is 7.45. The minimum Gasteiger partial charge on any atom is -0.190 e. The first-order chi connectivity index (χ1) is 7.74. The van der Waals surface area contributed by atoms with Crippen LogP contribution in [0.5, 0.6) is 0 Å². The lowest BCUT2D eigenvalue weighted by Crippen LogP contribution is -2.14. The third-order valence-electron chi connectivity index (χ3n) is 3.00. The molecule has 0 aliphatic carbocycles. The number of hydrogen-bond acceptors (Lipinski definition) is 2. The Labute approximate surface area is 102 Å². The van der Waals surface area contributed by atoms with Gasteiger partial charge in [-0.3, -0.25) is 0 Å². The molecule has 0 saturated heterocycles. The summed E-state index contributed by atoms with van der Waals surface area (Å²) in [5, 5.41) is 0.562. The van der Waals surface area contributed by atoms with Gasteiger partial charge in [0, 0.05) is 0 Å². The van der Waals surface area contributed by atoms with E-state index in [0.717, 1.165) is 6.42 Å². The van der Waals surface area contributed by atoms with Gasteiger partial charge in [-0.25, -0.2) is 0 Å². The Hall–Kier alpha value is -1.16. The van der Waals surface area contributed by atoms with Gasteiger partial charge in [0.15, 0.2) is 0 Å². The normalized spacial score (nSPS) is 13.2. The van der Waals surface area contributed by atoms with Crippen molar-refractivity contribution in [1.29, 1.82) is 0 Å². The van der Waals surface area contributed by atoms with Crippen LogP contribution >= 0.6 is 0 Å². The molecule has 1 aromatic rings. The second-order valence-electron chi connectivity index (χ2n) is 4.64. The molecule has 0 saturated carbocycles. The van der Waals surface area contributed by atoms with Gasteiger partial charge >= 0.3 is 10.2 Å². The topological polar surface area (TPSA) is 34.1 Å². The van der Waals surface area contributed by atoms with Crippen molar-refractivity contribution in [2.75, 3.05) is 0 Å². The van der Waals surface area contributed by atoms with Crippen molar-refractivity contribution >= 4 is 16.3 Å². The molecule has 0 aliphatic heterocycles. The Morgan fingerprint density at radius 2 is 1.76 bits per heavy atom. The van der Waals surface area contributed by atoms with Crippen molar-refractivity contribution in [2.45, 2.75) is 32.6 Å². The van der Waals surface area contributed by atoms with Crippen molar-refractivity contribution in [3.63, 3.8) is 0 Å². The fourth-order valence-electron chi connectivity index (χ4n) is 1.41. The maximum Gasteiger partial charge on any atom is 0.325 e. The molecule has 0 spiro atoms. The van der Waals surface area contributed by atoms with Gasteiger partial charge < -0.3 is 0 Å². The third kappa shape index (κ3) is 4.30. The number of benzene rings is 1. The fourth-order valence-corrected chi connectivity index (χ4v) is 1.73. The van der Waals surface area contributed by atoms with E-state index in [1.165, 1.54) is 11.6 Å². The van der Waals surface area contributed by atoms with Gasteiger partial charge in [-0.1, -0.05) is 45.0 Å². The first-order valence-electron chi connectivity index (χ1n) is 5.48. The van der Waals surface area contributed by atoms with Gasteiger partial charge in [0.25, 0.3) is 0 Å². The lowest BCUT2D eigenvalue weighted by atomic mass is 9.82. The fraction of sp³-hybridized carbons (Fsp3) is 0.385. The van der Waals surface area contributed by atoms with Crippen molar-refractivity contribution in [3.8, 4) is 0 Å². The van der Waals surface area contributed by atoms with Crippen LogP contribution in [0.4, 0.5) is 3.89 Å². The maximum absolute atomic E-state index is 12.3. The van der Waals surface area contributed by atoms with Crippen LogP contribution in [0.2, 0.25) is 0 Å². The summed E-state index contributed by atoms with van der Waals surface area (Å²) in [7, 11) is -4.55.